The first-order valence-corrected chi connectivity index (χ1v) is 11.7. The molecule has 1 fully saturated rings. The third-order valence-electron chi connectivity index (χ3n) is 4.93. The molecule has 1 unspecified atom stereocenters. The van der Waals surface area contributed by atoms with Gasteiger partial charge in [-0.2, -0.15) is 0 Å². The summed E-state index contributed by atoms with van der Waals surface area (Å²) >= 11 is 3.03. The second-order valence-electron chi connectivity index (χ2n) is 7.00. The molecule has 1 aliphatic rings. The highest BCUT2D eigenvalue weighted by Crippen LogP contribution is 2.35. The van der Waals surface area contributed by atoms with Crippen LogP contribution in [0.25, 0.3) is 10.2 Å². The van der Waals surface area contributed by atoms with Crippen molar-refractivity contribution in [1.29, 1.82) is 0 Å². The Morgan fingerprint density at radius 2 is 2.17 bits per heavy atom. The minimum absolute atomic E-state index is 0.0122. The van der Waals surface area contributed by atoms with Gasteiger partial charge in [0.1, 0.15) is 17.1 Å². The molecule has 2 aromatic carbocycles. The number of nitrogens with zero attached hydrogens (tertiary/aromatic N) is 2. The van der Waals surface area contributed by atoms with Gasteiger partial charge in [-0.05, 0) is 49.2 Å². The average molecular weight is 447 g/mol. The van der Waals surface area contributed by atoms with Gasteiger partial charge in [-0.3, -0.25) is 9.69 Å². The summed E-state index contributed by atoms with van der Waals surface area (Å²) in [5.74, 6) is 1.06. The van der Waals surface area contributed by atoms with E-state index in [4.69, 9.17) is 14.5 Å². The summed E-state index contributed by atoms with van der Waals surface area (Å²) in [7, 11) is 1.62. The van der Waals surface area contributed by atoms with Crippen LogP contribution in [-0.4, -0.2) is 43.0 Å². The molecule has 2 heterocycles. The summed E-state index contributed by atoms with van der Waals surface area (Å²) in [6.07, 6.45) is 2.36. The van der Waals surface area contributed by atoms with Crippen molar-refractivity contribution in [2.75, 3.05) is 30.9 Å². The van der Waals surface area contributed by atoms with Crippen molar-refractivity contribution in [3.8, 4) is 5.75 Å². The molecule has 3 aromatic rings. The van der Waals surface area contributed by atoms with E-state index in [2.05, 4.69) is 0 Å². The van der Waals surface area contributed by atoms with Crippen LogP contribution < -0.4 is 9.64 Å². The van der Waals surface area contributed by atoms with Crippen LogP contribution in [0.2, 0.25) is 0 Å². The molecule has 8 heteroatoms. The zero-order valence-electron chi connectivity index (χ0n) is 16.7. The van der Waals surface area contributed by atoms with Crippen molar-refractivity contribution < 1.29 is 18.7 Å². The van der Waals surface area contributed by atoms with Crippen LogP contribution in [0.4, 0.5) is 9.52 Å². The van der Waals surface area contributed by atoms with Gasteiger partial charge < -0.3 is 9.47 Å². The predicted molar refractivity (Wildman–Crippen MR) is 119 cm³/mol. The number of aromatic nitrogens is 1. The van der Waals surface area contributed by atoms with Gasteiger partial charge in [0.25, 0.3) is 0 Å². The minimum Gasteiger partial charge on any atom is -0.494 e. The zero-order chi connectivity index (χ0) is 20.9. The molecule has 1 aliphatic heterocycles. The summed E-state index contributed by atoms with van der Waals surface area (Å²) in [5, 5.41) is 0.668. The highest BCUT2D eigenvalue weighted by Gasteiger charge is 2.26. The largest absolute Gasteiger partial charge is 0.494 e. The first-order valence-electron chi connectivity index (χ1n) is 9.88. The molecule has 1 aromatic heterocycles. The molecular weight excluding hydrogens is 423 g/mol. The first kappa shape index (κ1) is 21.1. The quantitative estimate of drug-likeness (QED) is 0.449. The van der Waals surface area contributed by atoms with Crippen LogP contribution in [-0.2, 0) is 9.53 Å². The number of para-hydroxylation sites is 1. The lowest BCUT2D eigenvalue weighted by atomic mass is 10.2. The van der Waals surface area contributed by atoms with Gasteiger partial charge >= 0.3 is 0 Å². The second kappa shape index (κ2) is 9.76. The van der Waals surface area contributed by atoms with E-state index in [1.165, 1.54) is 23.5 Å². The normalized spacial score (nSPS) is 16.1. The number of hydrogen-bond acceptors (Lipinski definition) is 6. The Labute approximate surface area is 183 Å². The van der Waals surface area contributed by atoms with Crippen molar-refractivity contribution in [2.45, 2.75) is 30.3 Å². The van der Waals surface area contributed by atoms with Crippen LogP contribution in [0, 0.1) is 5.82 Å². The molecular formula is C22H23FN2O3S2. The second-order valence-corrected chi connectivity index (χ2v) is 9.17. The fraction of sp³-hybridized carbons (Fsp3) is 0.364. The van der Waals surface area contributed by atoms with E-state index < -0.39 is 0 Å². The SMILES string of the molecule is COc1cccc2sc(N(CC3CCCO3)C(=O)CCSc3ccc(F)cc3)nc12. The third kappa shape index (κ3) is 4.94. The topological polar surface area (TPSA) is 51.7 Å². The lowest BCUT2D eigenvalue weighted by Gasteiger charge is -2.23. The number of thiazole rings is 1. The van der Waals surface area contributed by atoms with Crippen molar-refractivity contribution in [2.24, 2.45) is 0 Å². The standard InChI is InChI=1S/C22H23FN2O3S2/c1-27-18-5-2-6-19-21(18)24-22(30-19)25(14-16-4-3-12-28-16)20(26)11-13-29-17-9-7-15(23)8-10-17/h2,5-10,16H,3-4,11-14H2,1H3. The molecule has 0 aliphatic carbocycles. The van der Waals surface area contributed by atoms with E-state index in [9.17, 15) is 9.18 Å². The van der Waals surface area contributed by atoms with Crippen LogP contribution in [0.15, 0.2) is 47.4 Å². The van der Waals surface area contributed by atoms with Gasteiger partial charge in [0.2, 0.25) is 5.91 Å². The Hall–Kier alpha value is -2.16. The van der Waals surface area contributed by atoms with E-state index in [-0.39, 0.29) is 17.8 Å². The summed E-state index contributed by atoms with van der Waals surface area (Å²) in [6.45, 7) is 1.24. The van der Waals surface area contributed by atoms with Crippen LogP contribution >= 0.6 is 23.1 Å². The Morgan fingerprint density at radius 1 is 1.33 bits per heavy atom. The molecule has 0 spiro atoms. The van der Waals surface area contributed by atoms with Crippen molar-refractivity contribution in [3.05, 3.63) is 48.3 Å². The number of carbonyl (C=O) groups excluding carboxylic acids is 1. The number of methoxy groups -OCH3 is 1. The number of anilines is 1. The molecule has 4 rings (SSSR count). The maximum atomic E-state index is 13.1. The van der Waals surface area contributed by atoms with E-state index in [1.54, 1.807) is 35.9 Å². The van der Waals surface area contributed by atoms with Gasteiger partial charge in [0, 0.05) is 23.7 Å². The van der Waals surface area contributed by atoms with Gasteiger partial charge in [0.05, 0.1) is 24.5 Å². The van der Waals surface area contributed by atoms with Crippen molar-refractivity contribution >= 4 is 44.4 Å². The fourth-order valence-electron chi connectivity index (χ4n) is 3.39. The smallest absolute Gasteiger partial charge is 0.229 e. The molecule has 1 saturated heterocycles. The lowest BCUT2D eigenvalue weighted by Crippen LogP contribution is -2.37. The molecule has 1 amide bonds. The first-order chi connectivity index (χ1) is 14.6. The summed E-state index contributed by atoms with van der Waals surface area (Å²) < 4.78 is 25.3. The number of fused-ring (bicyclic) bond motifs is 1. The Kier molecular flexibility index (Phi) is 6.86. The summed E-state index contributed by atoms with van der Waals surface area (Å²) in [4.78, 5) is 20.6. The third-order valence-corrected chi connectivity index (χ3v) is 6.99. The number of carbonyl (C=O) groups is 1. The van der Waals surface area contributed by atoms with Gasteiger partial charge in [0.15, 0.2) is 5.13 Å². The molecule has 0 bridgehead atoms. The summed E-state index contributed by atoms with van der Waals surface area (Å²) in [6, 6.07) is 12.1. The Bertz CT molecular complexity index is 1000. The highest BCUT2D eigenvalue weighted by molar-refractivity contribution is 7.99. The molecule has 0 saturated carbocycles. The number of amides is 1. The molecule has 30 heavy (non-hydrogen) atoms. The van der Waals surface area contributed by atoms with Gasteiger partial charge in [-0.1, -0.05) is 17.4 Å². The number of thioether (sulfide) groups is 1. The number of rotatable bonds is 8. The van der Waals surface area contributed by atoms with E-state index >= 15 is 0 Å². The van der Waals surface area contributed by atoms with Crippen LogP contribution in [0.1, 0.15) is 19.3 Å². The minimum atomic E-state index is -0.260. The van der Waals surface area contributed by atoms with E-state index in [0.29, 0.717) is 29.6 Å². The molecule has 158 valence electrons. The number of halogens is 1. The molecule has 5 nitrogen and oxygen atoms in total. The zero-order valence-corrected chi connectivity index (χ0v) is 18.3. The van der Waals surface area contributed by atoms with Gasteiger partial charge in [-0.25, -0.2) is 9.37 Å². The molecule has 0 radical (unpaired) electrons. The van der Waals surface area contributed by atoms with Crippen molar-refractivity contribution in [3.63, 3.8) is 0 Å². The van der Waals surface area contributed by atoms with Crippen LogP contribution in [0.5, 0.6) is 5.75 Å². The maximum Gasteiger partial charge on any atom is 0.229 e. The van der Waals surface area contributed by atoms with E-state index in [0.717, 1.165) is 34.6 Å². The number of ether oxygens (including phenoxy) is 2. The molecule has 1 atom stereocenters. The lowest BCUT2D eigenvalue weighted by molar-refractivity contribution is -0.118. The summed E-state index contributed by atoms with van der Waals surface area (Å²) in [5.41, 5.74) is 0.769. The monoisotopic (exact) mass is 446 g/mol. The molecule has 0 N–H and O–H groups in total. The van der Waals surface area contributed by atoms with Crippen LogP contribution in [0.3, 0.4) is 0 Å². The highest BCUT2D eigenvalue weighted by atomic mass is 32.2. The van der Waals surface area contributed by atoms with E-state index in [1.807, 2.05) is 18.2 Å². The van der Waals surface area contributed by atoms with Crippen molar-refractivity contribution in [1.82, 2.24) is 4.98 Å². The fourth-order valence-corrected chi connectivity index (χ4v) is 5.24. The number of hydrogen-bond donors (Lipinski definition) is 0. The predicted octanol–water partition coefficient (Wildman–Crippen LogP) is 5.14. The number of benzene rings is 2. The maximum absolute atomic E-state index is 13.1. The average Bonchev–Trinajstić information content (AvgIpc) is 3.42. The van der Waals surface area contributed by atoms with Gasteiger partial charge in [-0.15, -0.1) is 11.8 Å². The Balaban J connectivity index is 1.50. The Morgan fingerprint density at radius 3 is 2.90 bits per heavy atom.